The molecule has 2 fully saturated rings. The van der Waals surface area contributed by atoms with E-state index in [1.807, 2.05) is 0 Å². The summed E-state index contributed by atoms with van der Waals surface area (Å²) >= 11 is 0. The van der Waals surface area contributed by atoms with Gasteiger partial charge in [-0.2, -0.15) is 25.3 Å². The van der Waals surface area contributed by atoms with Gasteiger partial charge in [0.25, 0.3) is 0 Å². The van der Waals surface area contributed by atoms with Gasteiger partial charge in [0.1, 0.15) is 30.5 Å². The Kier molecular flexibility index (Phi) is 9.71. The summed E-state index contributed by atoms with van der Waals surface area (Å²) in [6, 6.07) is -1.99. The molecule has 24 heteroatoms. The number of hydrogen-bond donors (Lipinski definition) is 8. The van der Waals surface area contributed by atoms with Crippen molar-refractivity contribution in [2.45, 2.75) is 61.3 Å². The molecule has 0 amide bonds. The lowest BCUT2D eigenvalue weighted by atomic mass is 9.96. The van der Waals surface area contributed by atoms with Gasteiger partial charge in [0.2, 0.25) is 0 Å². The first-order chi connectivity index (χ1) is 16.2. The van der Waals surface area contributed by atoms with Crippen LogP contribution in [0.15, 0.2) is 0 Å². The number of hydrogen-bond acceptors (Lipinski definition) is 17. The molecule has 9 N–H and O–H groups in total. The van der Waals surface area contributed by atoms with Gasteiger partial charge in [-0.05, 0) is 0 Å². The van der Waals surface area contributed by atoms with E-state index >= 15 is 0 Å². The normalized spacial score (nSPS) is 38.5. The van der Waals surface area contributed by atoms with Gasteiger partial charge < -0.3 is 40.4 Å². The average molecular weight is 595 g/mol. The van der Waals surface area contributed by atoms with Crippen LogP contribution in [-0.2, 0) is 62.8 Å². The summed E-state index contributed by atoms with van der Waals surface area (Å²) in [7, 11) is -15.9. The summed E-state index contributed by atoms with van der Waals surface area (Å²) in [4.78, 5) is 11.6. The van der Waals surface area contributed by atoms with E-state index in [0.717, 1.165) is 0 Å². The van der Waals surface area contributed by atoms with Crippen molar-refractivity contribution in [3.05, 3.63) is 0 Å². The lowest BCUT2D eigenvalue weighted by molar-refractivity contribution is -0.329. The van der Waals surface area contributed by atoms with E-state index in [2.05, 4.69) is 17.3 Å². The molecule has 0 saturated carbocycles. The van der Waals surface area contributed by atoms with Crippen molar-refractivity contribution in [3.63, 3.8) is 0 Å². The Hall–Kier alpha value is -1.20. The van der Waals surface area contributed by atoms with E-state index in [0.29, 0.717) is 0 Å². The second kappa shape index (κ2) is 11.3. The van der Waals surface area contributed by atoms with Gasteiger partial charge >= 0.3 is 37.2 Å². The molecule has 2 saturated heterocycles. The molecule has 0 spiro atoms. The summed E-state index contributed by atoms with van der Waals surface area (Å²) in [5.41, 5.74) is 5.71. The van der Waals surface area contributed by atoms with Crippen molar-refractivity contribution in [1.82, 2.24) is 0 Å². The number of carboxylic acid groups (broad SMARTS) is 1. The quantitative estimate of drug-likeness (QED) is 0.109. The highest BCUT2D eigenvalue weighted by Gasteiger charge is 2.54. The Morgan fingerprint density at radius 3 is 1.81 bits per heavy atom. The maximum absolute atomic E-state index is 11.6. The number of ether oxygens (including phenoxy) is 3. The zero-order valence-corrected chi connectivity index (χ0v) is 19.7. The van der Waals surface area contributed by atoms with Gasteiger partial charge in [-0.1, -0.05) is 0 Å². The Morgan fingerprint density at radius 2 is 1.33 bits per heavy atom. The molecule has 0 aromatic carbocycles. The van der Waals surface area contributed by atoms with E-state index in [4.69, 9.17) is 28.9 Å². The van der Waals surface area contributed by atoms with E-state index in [9.17, 15) is 50.5 Å². The van der Waals surface area contributed by atoms with Gasteiger partial charge in [0, 0.05) is 0 Å². The Morgan fingerprint density at radius 1 is 0.806 bits per heavy atom. The van der Waals surface area contributed by atoms with E-state index in [1.54, 1.807) is 0 Å². The van der Waals surface area contributed by atoms with Crippen LogP contribution >= 0.6 is 0 Å². The predicted molar refractivity (Wildman–Crippen MR) is 102 cm³/mol. The number of aliphatic hydroxyl groups is 3. The van der Waals surface area contributed by atoms with Gasteiger partial charge in [0.05, 0.1) is 12.6 Å². The smallest absolute Gasteiger partial charge is 0.397 e. The van der Waals surface area contributed by atoms with E-state index < -0.39 is 105 Å². The SMILES string of the molecule is N[C@H]1[C@@H](O[C@H]2[C@H](O)[C@@H](OS(=O)(=O)O)[C@H](O)O[C@H]2C(=O)O)O[C@H](COS(=O)(=O)O)[C@@H](O)[C@@H]1OS(=O)(=O)O. The summed E-state index contributed by atoms with van der Waals surface area (Å²) in [6.07, 6.45) is -20.5. The van der Waals surface area contributed by atoms with Crippen LogP contribution in [0.4, 0.5) is 0 Å². The van der Waals surface area contributed by atoms with Crippen LogP contribution < -0.4 is 5.73 Å². The third-order valence-corrected chi connectivity index (χ3v) is 6.00. The topological polar surface area (TPSA) is 342 Å². The molecule has 0 aliphatic carbocycles. The fraction of sp³-hybridized carbons (Fsp3) is 0.917. The fourth-order valence-electron chi connectivity index (χ4n) is 3.20. The van der Waals surface area contributed by atoms with Crippen LogP contribution in [-0.4, -0.2) is 133 Å². The van der Waals surface area contributed by atoms with E-state index in [1.165, 1.54) is 0 Å². The van der Waals surface area contributed by atoms with Crippen LogP contribution in [0.1, 0.15) is 0 Å². The highest BCUT2D eigenvalue weighted by Crippen LogP contribution is 2.31. The Labute approximate surface area is 202 Å². The maximum atomic E-state index is 11.6. The van der Waals surface area contributed by atoms with Gasteiger partial charge in [-0.15, -0.1) is 0 Å². The molecule has 0 unspecified atom stereocenters. The number of aliphatic hydroxyl groups excluding tert-OH is 3. The lowest BCUT2D eigenvalue weighted by Crippen LogP contribution is -2.67. The number of carbonyl (C=O) groups is 1. The first-order valence-corrected chi connectivity index (χ1v) is 13.2. The first-order valence-electron chi connectivity index (χ1n) is 9.12. The van der Waals surface area contributed by atoms with Crippen molar-refractivity contribution in [2.75, 3.05) is 6.61 Å². The first kappa shape index (κ1) is 31.0. The van der Waals surface area contributed by atoms with Crippen molar-refractivity contribution >= 4 is 37.2 Å². The summed E-state index contributed by atoms with van der Waals surface area (Å²) in [5.74, 6) is -1.93. The van der Waals surface area contributed by atoms with Crippen LogP contribution in [0, 0.1) is 0 Å². The van der Waals surface area contributed by atoms with Crippen LogP contribution in [0.2, 0.25) is 0 Å². The van der Waals surface area contributed by atoms with Crippen LogP contribution in [0.3, 0.4) is 0 Å². The number of carboxylic acids is 1. The second-order valence-electron chi connectivity index (χ2n) is 7.18. The van der Waals surface area contributed by atoms with Crippen molar-refractivity contribution < 1.29 is 90.9 Å². The molecule has 0 aromatic rings. The third kappa shape index (κ3) is 8.41. The number of nitrogens with two attached hydrogens (primary N) is 1. The maximum Gasteiger partial charge on any atom is 0.397 e. The summed E-state index contributed by atoms with van der Waals surface area (Å²) in [6.45, 7) is -1.25. The number of aliphatic carboxylic acids is 1. The minimum absolute atomic E-state index is 1.25. The highest BCUT2D eigenvalue weighted by atomic mass is 32.3. The largest absolute Gasteiger partial charge is 0.479 e. The molecule has 10 atom stereocenters. The average Bonchev–Trinajstić information content (AvgIpc) is 2.68. The van der Waals surface area contributed by atoms with Crippen molar-refractivity contribution in [3.8, 4) is 0 Å². The molecule has 0 aromatic heterocycles. The molecular formula is C12H21NO20S3. The third-order valence-electron chi connectivity index (χ3n) is 4.64. The second-order valence-corrected chi connectivity index (χ2v) is 10.4. The summed E-state index contributed by atoms with van der Waals surface area (Å²) < 4.78 is 120. The Bertz CT molecular complexity index is 1110. The molecular weight excluding hydrogens is 574 g/mol. The molecule has 2 aliphatic rings. The van der Waals surface area contributed by atoms with Crippen molar-refractivity contribution in [1.29, 1.82) is 0 Å². The highest BCUT2D eigenvalue weighted by molar-refractivity contribution is 7.81. The Balaban J connectivity index is 2.40. The van der Waals surface area contributed by atoms with Crippen LogP contribution in [0.25, 0.3) is 0 Å². The molecule has 36 heavy (non-hydrogen) atoms. The minimum Gasteiger partial charge on any atom is -0.479 e. The molecule has 21 nitrogen and oxygen atoms in total. The molecule has 2 heterocycles. The molecule has 2 aliphatic heterocycles. The number of rotatable bonds is 10. The van der Waals surface area contributed by atoms with Gasteiger partial charge in [-0.25, -0.2) is 17.3 Å². The summed E-state index contributed by atoms with van der Waals surface area (Å²) in [5, 5.41) is 39.8. The minimum atomic E-state index is -5.36. The zero-order chi connectivity index (χ0) is 27.8. The molecule has 0 radical (unpaired) electrons. The standard InChI is InChI=1S/C12H21NO20S3/c13-3-6(32-35(22,23)24)4(14)2(1-28-34(19,20)21)29-12(3)31-7-5(15)8(33-36(25,26)27)11(18)30-9(7)10(16)17/h2-9,11-12,14-15,18H,1,13H2,(H,16,17)(H,19,20,21)(H,22,23,24)(H,25,26,27)/t2-,3-,4-,5+,6-,7+,8-,9-,11-,12-/m1/s1. The van der Waals surface area contributed by atoms with E-state index in [-0.39, 0.29) is 0 Å². The predicted octanol–water partition coefficient (Wildman–Crippen LogP) is -5.86. The van der Waals surface area contributed by atoms with Gasteiger partial charge in [0.15, 0.2) is 24.8 Å². The van der Waals surface area contributed by atoms with Crippen molar-refractivity contribution in [2.24, 2.45) is 5.73 Å². The monoisotopic (exact) mass is 595 g/mol. The zero-order valence-electron chi connectivity index (χ0n) is 17.2. The molecule has 2 rings (SSSR count). The fourth-order valence-corrected chi connectivity index (χ4v) is 4.52. The van der Waals surface area contributed by atoms with Crippen LogP contribution in [0.5, 0.6) is 0 Å². The molecule has 212 valence electrons. The molecule has 0 bridgehead atoms. The lowest BCUT2D eigenvalue weighted by Gasteiger charge is -2.45. The van der Waals surface area contributed by atoms with Gasteiger partial charge in [-0.3, -0.25) is 13.7 Å².